The van der Waals surface area contributed by atoms with Crippen LogP contribution in [0.25, 0.3) is 0 Å². The van der Waals surface area contributed by atoms with Crippen molar-refractivity contribution in [3.63, 3.8) is 0 Å². The van der Waals surface area contributed by atoms with Crippen LogP contribution in [0.2, 0.25) is 0 Å². The molecule has 0 atom stereocenters. The van der Waals surface area contributed by atoms with Crippen LogP contribution in [0.15, 0.2) is 0 Å². The van der Waals surface area contributed by atoms with E-state index >= 15 is 0 Å². The van der Waals surface area contributed by atoms with Crippen molar-refractivity contribution in [2.45, 2.75) is 54.0 Å². The van der Waals surface area contributed by atoms with E-state index < -0.39 is 0 Å². The van der Waals surface area contributed by atoms with Gasteiger partial charge < -0.3 is 10.1 Å². The zero-order chi connectivity index (χ0) is 10.7. The second kappa shape index (κ2) is 5.23. The van der Waals surface area contributed by atoms with Gasteiger partial charge in [-0.05, 0) is 25.7 Å². The largest absolute Gasteiger partial charge is 0.453 e. The van der Waals surface area contributed by atoms with Crippen LogP contribution in [-0.4, -0.2) is 18.7 Å². The van der Waals surface area contributed by atoms with Gasteiger partial charge in [0.25, 0.3) is 0 Å². The maximum Gasteiger partial charge on any atom is 0.407 e. The van der Waals surface area contributed by atoms with Crippen molar-refractivity contribution in [1.82, 2.24) is 5.32 Å². The number of carbonyl (C=O) groups is 1. The normalized spacial score (nSPS) is 11.6. The van der Waals surface area contributed by atoms with Gasteiger partial charge in [0.1, 0.15) is 0 Å². The van der Waals surface area contributed by atoms with Gasteiger partial charge in [-0.25, -0.2) is 4.79 Å². The lowest BCUT2D eigenvalue weighted by molar-refractivity contribution is 0.150. The Morgan fingerprint density at radius 2 is 1.64 bits per heavy atom. The Hall–Kier alpha value is -0.730. The van der Waals surface area contributed by atoms with Crippen molar-refractivity contribution in [3.8, 4) is 0 Å². The summed E-state index contributed by atoms with van der Waals surface area (Å²) in [5.41, 5.74) is -0.0180. The second-order valence-corrected chi connectivity index (χ2v) is 5.24. The highest BCUT2D eigenvalue weighted by Crippen LogP contribution is 2.26. The molecule has 0 rings (SSSR count). The van der Waals surface area contributed by atoms with Crippen LogP contribution in [0, 0.1) is 5.41 Å². The monoisotopic (exact) mass is 203 g/mol. The standard InChI is InChI=1S/C10H21NO2.CH4/c1-9(2,3)7-10(4,5)11-8(12)13-6;/h7H2,1-6H3,(H,11,12);1H4. The molecule has 0 aliphatic heterocycles. The summed E-state index contributed by atoms with van der Waals surface area (Å²) in [5, 5.41) is 2.80. The minimum absolute atomic E-state index is 0. The lowest BCUT2D eigenvalue weighted by Crippen LogP contribution is -2.45. The minimum Gasteiger partial charge on any atom is -0.453 e. The van der Waals surface area contributed by atoms with Gasteiger partial charge in [0, 0.05) is 5.54 Å². The molecule has 0 saturated heterocycles. The summed E-state index contributed by atoms with van der Waals surface area (Å²) in [6.45, 7) is 10.4. The van der Waals surface area contributed by atoms with Gasteiger partial charge in [-0.2, -0.15) is 0 Å². The van der Waals surface area contributed by atoms with Crippen LogP contribution in [0.3, 0.4) is 0 Å². The first kappa shape index (κ1) is 15.7. The highest BCUT2D eigenvalue weighted by atomic mass is 16.5. The van der Waals surface area contributed by atoms with E-state index in [0.717, 1.165) is 6.42 Å². The van der Waals surface area contributed by atoms with Gasteiger partial charge >= 0.3 is 6.09 Å². The SMILES string of the molecule is C.COC(=O)NC(C)(C)CC(C)(C)C. The molecule has 0 spiro atoms. The van der Waals surface area contributed by atoms with Gasteiger partial charge in [0.15, 0.2) is 0 Å². The Labute approximate surface area is 88.2 Å². The first-order valence-corrected chi connectivity index (χ1v) is 4.52. The summed E-state index contributed by atoms with van der Waals surface area (Å²) in [6, 6.07) is 0. The summed E-state index contributed by atoms with van der Waals surface area (Å²) in [4.78, 5) is 11.0. The molecule has 0 heterocycles. The smallest absolute Gasteiger partial charge is 0.407 e. The molecule has 86 valence electrons. The molecular formula is C11H25NO2. The van der Waals surface area contributed by atoms with Crippen LogP contribution in [0.1, 0.15) is 48.5 Å². The number of ether oxygens (including phenoxy) is 1. The number of rotatable bonds is 2. The van der Waals surface area contributed by atoms with Crippen molar-refractivity contribution in [2.24, 2.45) is 5.41 Å². The van der Waals surface area contributed by atoms with E-state index in [1.807, 2.05) is 13.8 Å². The van der Waals surface area contributed by atoms with Crippen molar-refractivity contribution in [3.05, 3.63) is 0 Å². The zero-order valence-electron chi connectivity index (χ0n) is 9.52. The number of alkyl carbamates (subject to hydrolysis) is 1. The van der Waals surface area contributed by atoms with Crippen LogP contribution >= 0.6 is 0 Å². The molecule has 0 aromatic heterocycles. The molecule has 0 bridgehead atoms. The fourth-order valence-electron chi connectivity index (χ4n) is 1.70. The third-order valence-electron chi connectivity index (χ3n) is 1.60. The molecule has 0 unspecified atom stereocenters. The molecule has 0 aromatic rings. The quantitative estimate of drug-likeness (QED) is 0.748. The fourth-order valence-corrected chi connectivity index (χ4v) is 1.70. The Morgan fingerprint density at radius 3 is 1.93 bits per heavy atom. The fraction of sp³-hybridized carbons (Fsp3) is 0.909. The summed E-state index contributed by atoms with van der Waals surface area (Å²) in [7, 11) is 1.38. The van der Waals surface area contributed by atoms with Crippen LogP contribution in [0.4, 0.5) is 4.79 Å². The summed E-state index contributed by atoms with van der Waals surface area (Å²) in [5.74, 6) is 0. The van der Waals surface area contributed by atoms with E-state index in [9.17, 15) is 4.79 Å². The Bertz CT molecular complexity index is 180. The second-order valence-electron chi connectivity index (χ2n) is 5.24. The van der Waals surface area contributed by atoms with E-state index in [4.69, 9.17) is 0 Å². The molecule has 14 heavy (non-hydrogen) atoms. The predicted octanol–water partition coefficient (Wildman–Crippen LogP) is 3.19. The molecule has 0 radical (unpaired) electrons. The van der Waals surface area contributed by atoms with E-state index in [-0.39, 0.29) is 24.5 Å². The Morgan fingerprint density at radius 1 is 1.21 bits per heavy atom. The van der Waals surface area contributed by atoms with Crippen LogP contribution in [0.5, 0.6) is 0 Å². The van der Waals surface area contributed by atoms with Gasteiger partial charge in [0.05, 0.1) is 7.11 Å². The molecule has 0 aliphatic carbocycles. The molecule has 0 aromatic carbocycles. The average Bonchev–Trinajstić information content (AvgIpc) is 1.80. The Balaban J connectivity index is 0. The van der Waals surface area contributed by atoms with Gasteiger partial charge in [-0.1, -0.05) is 28.2 Å². The Kier molecular flexibility index (Phi) is 5.87. The van der Waals surface area contributed by atoms with Crippen molar-refractivity contribution < 1.29 is 9.53 Å². The lowest BCUT2D eigenvalue weighted by atomic mass is 9.82. The zero-order valence-corrected chi connectivity index (χ0v) is 9.52. The van der Waals surface area contributed by atoms with Crippen LogP contribution < -0.4 is 5.32 Å². The maximum atomic E-state index is 11.0. The van der Waals surface area contributed by atoms with Gasteiger partial charge in [-0.3, -0.25) is 0 Å². The summed E-state index contributed by atoms with van der Waals surface area (Å²) >= 11 is 0. The van der Waals surface area contributed by atoms with Crippen molar-refractivity contribution in [1.29, 1.82) is 0 Å². The van der Waals surface area contributed by atoms with E-state index in [2.05, 4.69) is 30.8 Å². The molecule has 3 nitrogen and oxygen atoms in total. The predicted molar refractivity (Wildman–Crippen MR) is 60.4 cm³/mol. The van der Waals surface area contributed by atoms with Gasteiger partial charge in [-0.15, -0.1) is 0 Å². The molecular weight excluding hydrogens is 178 g/mol. The summed E-state index contributed by atoms with van der Waals surface area (Å²) in [6.07, 6.45) is 0.545. The lowest BCUT2D eigenvalue weighted by Gasteiger charge is -2.32. The molecule has 0 aliphatic rings. The van der Waals surface area contributed by atoms with E-state index in [1.165, 1.54) is 7.11 Å². The number of carbonyl (C=O) groups excluding carboxylic acids is 1. The third kappa shape index (κ3) is 7.90. The van der Waals surface area contributed by atoms with E-state index in [1.54, 1.807) is 0 Å². The van der Waals surface area contributed by atoms with Gasteiger partial charge in [0.2, 0.25) is 0 Å². The first-order chi connectivity index (χ1) is 5.66. The van der Waals surface area contributed by atoms with Crippen LogP contribution in [-0.2, 0) is 4.74 Å². The molecule has 0 fully saturated rings. The van der Waals surface area contributed by atoms with E-state index in [0.29, 0.717) is 0 Å². The van der Waals surface area contributed by atoms with Crippen molar-refractivity contribution >= 4 is 6.09 Å². The molecule has 0 saturated carbocycles. The third-order valence-corrected chi connectivity index (χ3v) is 1.60. The number of methoxy groups -OCH3 is 1. The molecule has 1 N–H and O–H groups in total. The number of amides is 1. The molecule has 3 heteroatoms. The molecule has 1 amide bonds. The highest BCUT2D eigenvalue weighted by molar-refractivity contribution is 5.67. The van der Waals surface area contributed by atoms with Crippen molar-refractivity contribution in [2.75, 3.05) is 7.11 Å². The first-order valence-electron chi connectivity index (χ1n) is 4.52. The number of nitrogens with one attached hydrogen (secondary N) is 1. The summed E-state index contributed by atoms with van der Waals surface area (Å²) < 4.78 is 4.55. The maximum absolute atomic E-state index is 11.0. The topological polar surface area (TPSA) is 38.3 Å². The minimum atomic E-state index is -0.366. The number of hydrogen-bond donors (Lipinski definition) is 1. The highest BCUT2D eigenvalue weighted by Gasteiger charge is 2.27. The average molecular weight is 203 g/mol. The number of hydrogen-bond acceptors (Lipinski definition) is 2.